The Hall–Kier alpha value is -6.85. The number of carbonyl (C=O) groups is 4. The number of benzene rings is 6. The molecule has 0 fully saturated rings. The molecule has 6 aromatic rings. The van der Waals surface area contributed by atoms with Gasteiger partial charge >= 0.3 is 24.1 Å². The Kier molecular flexibility index (Phi) is 14.3. The second-order valence-corrected chi connectivity index (χ2v) is 17.3. The van der Waals surface area contributed by atoms with Crippen molar-refractivity contribution in [3.8, 4) is 11.1 Å². The summed E-state index contributed by atoms with van der Waals surface area (Å²) < 4.78 is 21.9. The SMILES string of the molecule is CC(C)(C)OC(=O)N[C@@H](COC(=O)[C@@H](CSC(c1ccccc1)(c1ccccc1)c1ccccc1)NC(=O)OCC1c2ccccc2-c2ccccc21)C(=O)OCc1ccccc1. The van der Waals surface area contributed by atoms with Crippen LogP contribution in [0, 0.1) is 0 Å². The third-order valence-electron chi connectivity index (χ3n) is 10.5. The number of hydrogen-bond donors (Lipinski definition) is 2. The van der Waals surface area contributed by atoms with Crippen LogP contribution in [0.25, 0.3) is 11.1 Å². The summed E-state index contributed by atoms with van der Waals surface area (Å²) in [6, 6.07) is 52.2. The van der Waals surface area contributed by atoms with Crippen LogP contribution in [0.1, 0.15) is 60.1 Å². The average molecular weight is 863 g/mol. The number of ether oxygens (including phenoxy) is 4. The maximum absolute atomic E-state index is 14.4. The number of fused-ring (bicyclic) bond motifs is 3. The fourth-order valence-electron chi connectivity index (χ4n) is 7.64. The first-order valence-corrected chi connectivity index (χ1v) is 21.8. The Balaban J connectivity index is 1.16. The first-order chi connectivity index (χ1) is 30.5. The fourth-order valence-corrected chi connectivity index (χ4v) is 9.19. The van der Waals surface area contributed by atoms with Crippen LogP contribution in [0.5, 0.6) is 0 Å². The number of hydrogen-bond acceptors (Lipinski definition) is 9. The summed E-state index contributed by atoms with van der Waals surface area (Å²) in [5.74, 6) is -1.91. The molecule has 11 heteroatoms. The van der Waals surface area contributed by atoms with Crippen molar-refractivity contribution < 1.29 is 38.1 Å². The zero-order chi connectivity index (χ0) is 44.2. The minimum absolute atomic E-state index is 0.00429. The maximum atomic E-state index is 14.4. The van der Waals surface area contributed by atoms with E-state index in [0.29, 0.717) is 0 Å². The number of thioether (sulfide) groups is 1. The fraction of sp³-hybridized carbons (Fsp3) is 0.231. The molecule has 6 aromatic carbocycles. The van der Waals surface area contributed by atoms with E-state index in [0.717, 1.165) is 44.5 Å². The van der Waals surface area contributed by atoms with Gasteiger partial charge in [0, 0.05) is 11.7 Å². The predicted octanol–water partition coefficient (Wildman–Crippen LogP) is 9.80. The van der Waals surface area contributed by atoms with Gasteiger partial charge in [-0.15, -0.1) is 11.8 Å². The second-order valence-electron chi connectivity index (χ2n) is 16.0. The molecule has 0 spiro atoms. The minimum atomic E-state index is -1.44. The molecular formula is C52H50N2O8S. The smallest absolute Gasteiger partial charge is 0.408 e. The van der Waals surface area contributed by atoms with Crippen LogP contribution in [-0.2, 0) is 39.9 Å². The van der Waals surface area contributed by atoms with E-state index in [1.54, 1.807) is 32.9 Å². The van der Waals surface area contributed by atoms with Crippen molar-refractivity contribution in [3.05, 3.63) is 203 Å². The lowest BCUT2D eigenvalue weighted by Gasteiger charge is -2.36. The summed E-state index contributed by atoms with van der Waals surface area (Å²) in [6.45, 7) is 4.39. The number of alkyl carbamates (subject to hydrolysis) is 2. The standard InChI is InChI=1S/C52H50N2O8S/c1-51(2,3)62-50(58)53-45(47(55)59-32-36-20-8-4-9-21-36)34-60-48(56)46(54-49(57)61-33-44-42-30-18-16-28-40(42)41-29-17-19-31-43(41)44)35-63-52(37-22-10-5-11-23-37,38-24-12-6-13-25-38)39-26-14-7-15-27-39/h4-31,44-46H,32-35H2,1-3H3,(H,53,58)(H,54,57)/t45-,46+/m0/s1. The molecule has 10 nitrogen and oxygen atoms in total. The first-order valence-electron chi connectivity index (χ1n) is 20.8. The van der Waals surface area contributed by atoms with E-state index in [9.17, 15) is 19.2 Å². The van der Waals surface area contributed by atoms with E-state index in [1.807, 2.05) is 146 Å². The molecule has 0 radical (unpaired) electrons. The van der Waals surface area contributed by atoms with E-state index in [1.165, 1.54) is 11.8 Å². The van der Waals surface area contributed by atoms with Gasteiger partial charge in [0.05, 0.1) is 4.75 Å². The van der Waals surface area contributed by atoms with Gasteiger partial charge in [-0.05, 0) is 65.3 Å². The highest BCUT2D eigenvalue weighted by molar-refractivity contribution is 8.00. The Bertz CT molecular complexity index is 2340. The van der Waals surface area contributed by atoms with Crippen LogP contribution in [0.4, 0.5) is 9.59 Å². The number of nitrogens with one attached hydrogen (secondary N) is 2. The van der Waals surface area contributed by atoms with Crippen molar-refractivity contribution in [1.82, 2.24) is 10.6 Å². The normalized spacial score (nSPS) is 13.1. The van der Waals surface area contributed by atoms with E-state index in [-0.39, 0.29) is 24.9 Å². The third-order valence-corrected chi connectivity index (χ3v) is 12.2. The van der Waals surface area contributed by atoms with Gasteiger partial charge in [-0.1, -0.05) is 170 Å². The summed E-state index contributed by atoms with van der Waals surface area (Å²) >= 11 is 1.44. The van der Waals surface area contributed by atoms with E-state index in [2.05, 4.69) is 22.8 Å². The van der Waals surface area contributed by atoms with E-state index < -0.39 is 53.2 Å². The van der Waals surface area contributed by atoms with Gasteiger partial charge in [0.2, 0.25) is 0 Å². The molecular weight excluding hydrogens is 813 g/mol. The van der Waals surface area contributed by atoms with Crippen LogP contribution in [0.15, 0.2) is 170 Å². The Morgan fingerprint density at radius 3 is 1.49 bits per heavy atom. The van der Waals surface area contributed by atoms with Gasteiger partial charge in [0.1, 0.15) is 31.5 Å². The number of amides is 2. The average Bonchev–Trinajstić information content (AvgIpc) is 3.62. The molecule has 322 valence electrons. The molecule has 1 aliphatic carbocycles. The molecule has 2 amide bonds. The third kappa shape index (κ3) is 11.0. The summed E-state index contributed by atoms with van der Waals surface area (Å²) in [7, 11) is 0. The van der Waals surface area contributed by atoms with Crippen molar-refractivity contribution >= 4 is 35.9 Å². The lowest BCUT2D eigenvalue weighted by atomic mass is 9.84. The lowest BCUT2D eigenvalue weighted by Crippen LogP contribution is -2.49. The Labute approximate surface area is 372 Å². The number of rotatable bonds is 16. The molecule has 1 aliphatic rings. The van der Waals surface area contributed by atoms with Crippen molar-refractivity contribution in [1.29, 1.82) is 0 Å². The van der Waals surface area contributed by atoms with Gasteiger partial charge in [0.25, 0.3) is 0 Å². The number of esters is 2. The van der Waals surface area contributed by atoms with Crippen LogP contribution < -0.4 is 10.6 Å². The van der Waals surface area contributed by atoms with Crippen molar-refractivity contribution in [3.63, 3.8) is 0 Å². The van der Waals surface area contributed by atoms with Crippen molar-refractivity contribution in [2.45, 2.75) is 55.7 Å². The quantitative estimate of drug-likeness (QED) is 0.0555. The van der Waals surface area contributed by atoms with Crippen LogP contribution in [0.3, 0.4) is 0 Å². The molecule has 0 saturated carbocycles. The molecule has 0 saturated heterocycles. The Morgan fingerprint density at radius 1 is 0.540 bits per heavy atom. The first kappa shape index (κ1) is 44.2. The van der Waals surface area contributed by atoms with Crippen molar-refractivity contribution in [2.75, 3.05) is 19.0 Å². The second kappa shape index (κ2) is 20.3. The zero-order valence-corrected chi connectivity index (χ0v) is 36.2. The molecule has 7 rings (SSSR count). The van der Waals surface area contributed by atoms with Gasteiger partial charge in [-0.2, -0.15) is 0 Å². The Morgan fingerprint density at radius 2 is 0.984 bits per heavy atom. The summed E-state index contributed by atoms with van der Waals surface area (Å²) in [5, 5.41) is 5.31. The lowest BCUT2D eigenvalue weighted by molar-refractivity contribution is -0.153. The highest BCUT2D eigenvalue weighted by Gasteiger charge is 2.40. The molecule has 63 heavy (non-hydrogen) atoms. The largest absolute Gasteiger partial charge is 0.461 e. The van der Waals surface area contributed by atoms with Gasteiger partial charge in [0.15, 0.2) is 6.04 Å². The van der Waals surface area contributed by atoms with Crippen molar-refractivity contribution in [2.24, 2.45) is 0 Å². The highest BCUT2D eigenvalue weighted by atomic mass is 32.2. The zero-order valence-electron chi connectivity index (χ0n) is 35.4. The summed E-state index contributed by atoms with van der Waals surface area (Å²) in [5.41, 5.74) is 6.93. The molecule has 0 bridgehead atoms. The van der Waals surface area contributed by atoms with E-state index >= 15 is 0 Å². The maximum Gasteiger partial charge on any atom is 0.408 e. The van der Waals surface area contributed by atoms with Crippen LogP contribution >= 0.6 is 11.8 Å². The monoisotopic (exact) mass is 862 g/mol. The van der Waals surface area contributed by atoms with Crippen LogP contribution in [0.2, 0.25) is 0 Å². The summed E-state index contributed by atoms with van der Waals surface area (Å²) in [6.07, 6.45) is -1.72. The molecule has 0 aromatic heterocycles. The molecule has 0 heterocycles. The molecule has 2 N–H and O–H groups in total. The van der Waals surface area contributed by atoms with E-state index in [4.69, 9.17) is 18.9 Å². The van der Waals surface area contributed by atoms with Gasteiger partial charge < -0.3 is 29.6 Å². The molecule has 0 aliphatic heterocycles. The summed E-state index contributed by atoms with van der Waals surface area (Å²) in [4.78, 5) is 54.8. The van der Waals surface area contributed by atoms with Crippen LogP contribution in [-0.4, -0.2) is 60.8 Å². The minimum Gasteiger partial charge on any atom is -0.461 e. The molecule has 0 unspecified atom stereocenters. The van der Waals surface area contributed by atoms with Gasteiger partial charge in [-0.25, -0.2) is 19.2 Å². The highest BCUT2D eigenvalue weighted by Crippen LogP contribution is 2.49. The predicted molar refractivity (Wildman–Crippen MR) is 244 cm³/mol. The van der Waals surface area contributed by atoms with Gasteiger partial charge in [-0.3, -0.25) is 0 Å². The number of carbonyl (C=O) groups excluding carboxylic acids is 4. The topological polar surface area (TPSA) is 129 Å². The molecule has 2 atom stereocenters.